The van der Waals surface area contributed by atoms with Crippen LogP contribution < -0.4 is 4.74 Å². The molecule has 20 heavy (non-hydrogen) atoms. The van der Waals surface area contributed by atoms with Gasteiger partial charge in [-0.3, -0.25) is 10.1 Å². The van der Waals surface area contributed by atoms with E-state index in [0.717, 1.165) is 11.1 Å². The standard InChI is InChI=1S/C14H11BrClNO3/c1-9-2-3-10(8-16)6-14(9)20-13-5-4-11(15)7-12(13)17(18)19/h2-7H,8H2,1H3. The van der Waals surface area contributed by atoms with E-state index in [0.29, 0.717) is 16.1 Å². The van der Waals surface area contributed by atoms with Gasteiger partial charge in [0.15, 0.2) is 0 Å². The van der Waals surface area contributed by atoms with E-state index in [1.165, 1.54) is 6.07 Å². The van der Waals surface area contributed by atoms with Crippen molar-refractivity contribution in [3.05, 3.63) is 62.1 Å². The molecule has 0 amide bonds. The fourth-order valence-corrected chi connectivity index (χ4v) is 2.19. The van der Waals surface area contributed by atoms with Crippen LogP contribution in [0.1, 0.15) is 11.1 Å². The Morgan fingerprint density at radius 3 is 2.65 bits per heavy atom. The first kappa shape index (κ1) is 14.8. The summed E-state index contributed by atoms with van der Waals surface area (Å²) in [6, 6.07) is 10.2. The maximum atomic E-state index is 11.1. The zero-order chi connectivity index (χ0) is 14.7. The third-order valence-electron chi connectivity index (χ3n) is 2.74. The Balaban J connectivity index is 2.42. The Bertz CT molecular complexity index is 661. The number of halogens is 2. The van der Waals surface area contributed by atoms with Crippen molar-refractivity contribution < 1.29 is 9.66 Å². The number of benzene rings is 2. The Kier molecular flexibility index (Phi) is 4.62. The molecule has 104 valence electrons. The molecule has 0 atom stereocenters. The predicted molar refractivity (Wildman–Crippen MR) is 81.6 cm³/mol. The number of hydrogen-bond acceptors (Lipinski definition) is 3. The van der Waals surface area contributed by atoms with Gasteiger partial charge in [0.25, 0.3) is 0 Å². The summed E-state index contributed by atoms with van der Waals surface area (Å²) in [5.41, 5.74) is 1.69. The summed E-state index contributed by atoms with van der Waals surface area (Å²) in [5.74, 6) is 1.13. The van der Waals surface area contributed by atoms with Gasteiger partial charge < -0.3 is 4.74 Å². The van der Waals surface area contributed by atoms with Gasteiger partial charge in [-0.25, -0.2) is 0 Å². The Morgan fingerprint density at radius 2 is 2.00 bits per heavy atom. The number of nitro groups is 1. The van der Waals surface area contributed by atoms with Gasteiger partial charge in [0.1, 0.15) is 5.75 Å². The monoisotopic (exact) mass is 355 g/mol. The van der Waals surface area contributed by atoms with E-state index >= 15 is 0 Å². The highest BCUT2D eigenvalue weighted by molar-refractivity contribution is 9.10. The average molecular weight is 357 g/mol. The number of aryl methyl sites for hydroxylation is 1. The Morgan fingerprint density at radius 1 is 1.25 bits per heavy atom. The molecule has 0 bridgehead atoms. The van der Waals surface area contributed by atoms with Crippen molar-refractivity contribution in [2.75, 3.05) is 0 Å². The lowest BCUT2D eigenvalue weighted by atomic mass is 10.1. The van der Waals surface area contributed by atoms with Crippen LogP contribution in [0.4, 0.5) is 5.69 Å². The number of nitro benzene ring substituents is 1. The van der Waals surface area contributed by atoms with Gasteiger partial charge in [0.05, 0.1) is 4.92 Å². The second-order valence-corrected chi connectivity index (χ2v) is 5.39. The van der Waals surface area contributed by atoms with E-state index in [-0.39, 0.29) is 11.4 Å². The quantitative estimate of drug-likeness (QED) is 0.430. The van der Waals surface area contributed by atoms with Gasteiger partial charge in [0.2, 0.25) is 5.75 Å². The molecule has 0 aliphatic heterocycles. The predicted octanol–water partition coefficient (Wildman–Crippen LogP) is 5.20. The van der Waals surface area contributed by atoms with Gasteiger partial charge in [-0.2, -0.15) is 0 Å². The molecular weight excluding hydrogens is 346 g/mol. The third-order valence-corrected chi connectivity index (χ3v) is 3.55. The van der Waals surface area contributed by atoms with Crippen LogP contribution in [0.2, 0.25) is 0 Å². The normalized spacial score (nSPS) is 10.3. The molecule has 0 saturated heterocycles. The summed E-state index contributed by atoms with van der Waals surface area (Å²) >= 11 is 9.00. The average Bonchev–Trinajstić information content (AvgIpc) is 2.42. The minimum atomic E-state index is -0.471. The third kappa shape index (κ3) is 3.29. The summed E-state index contributed by atoms with van der Waals surface area (Å²) in [6.45, 7) is 1.87. The summed E-state index contributed by atoms with van der Waals surface area (Å²) in [7, 11) is 0. The van der Waals surface area contributed by atoms with E-state index in [1.807, 2.05) is 19.1 Å². The molecule has 0 fully saturated rings. The van der Waals surface area contributed by atoms with Crippen molar-refractivity contribution in [2.24, 2.45) is 0 Å². The van der Waals surface area contributed by atoms with Crippen LogP contribution in [0.25, 0.3) is 0 Å². The summed E-state index contributed by atoms with van der Waals surface area (Å²) in [4.78, 5) is 10.6. The molecule has 2 rings (SSSR count). The zero-order valence-corrected chi connectivity index (χ0v) is 12.9. The van der Waals surface area contributed by atoms with Crippen molar-refractivity contribution in [1.29, 1.82) is 0 Å². The molecule has 0 aliphatic rings. The largest absolute Gasteiger partial charge is 0.450 e. The van der Waals surface area contributed by atoms with Gasteiger partial charge >= 0.3 is 5.69 Å². The van der Waals surface area contributed by atoms with Crippen LogP contribution in [0.3, 0.4) is 0 Å². The van der Waals surface area contributed by atoms with Crippen LogP contribution in [-0.2, 0) is 5.88 Å². The number of hydrogen-bond donors (Lipinski definition) is 0. The summed E-state index contributed by atoms with van der Waals surface area (Å²) in [6.07, 6.45) is 0. The molecular formula is C14H11BrClNO3. The molecule has 6 heteroatoms. The SMILES string of the molecule is Cc1ccc(CCl)cc1Oc1ccc(Br)cc1[N+](=O)[O-]. The van der Waals surface area contributed by atoms with Crippen molar-refractivity contribution in [1.82, 2.24) is 0 Å². The Hall–Kier alpha value is -1.59. The van der Waals surface area contributed by atoms with Crippen LogP contribution in [-0.4, -0.2) is 4.92 Å². The molecule has 0 spiro atoms. The molecule has 0 N–H and O–H groups in total. The topological polar surface area (TPSA) is 52.4 Å². The second kappa shape index (κ2) is 6.24. The molecule has 0 unspecified atom stereocenters. The number of nitrogens with zero attached hydrogens (tertiary/aromatic N) is 1. The van der Waals surface area contributed by atoms with Gasteiger partial charge in [-0.15, -0.1) is 11.6 Å². The van der Waals surface area contributed by atoms with E-state index in [1.54, 1.807) is 18.2 Å². The van der Waals surface area contributed by atoms with Crippen molar-refractivity contribution >= 4 is 33.2 Å². The first-order valence-electron chi connectivity index (χ1n) is 5.78. The van der Waals surface area contributed by atoms with Crippen molar-refractivity contribution in [3.8, 4) is 11.5 Å². The molecule has 0 heterocycles. The van der Waals surface area contributed by atoms with Gasteiger partial charge in [-0.05, 0) is 36.2 Å². The fourth-order valence-electron chi connectivity index (χ4n) is 1.68. The van der Waals surface area contributed by atoms with E-state index < -0.39 is 4.92 Å². The van der Waals surface area contributed by atoms with Crippen molar-refractivity contribution in [2.45, 2.75) is 12.8 Å². The molecule has 2 aromatic rings. The lowest BCUT2D eigenvalue weighted by molar-refractivity contribution is -0.385. The smallest absolute Gasteiger partial charge is 0.312 e. The zero-order valence-electron chi connectivity index (χ0n) is 10.6. The van der Waals surface area contributed by atoms with Crippen LogP contribution >= 0.6 is 27.5 Å². The number of ether oxygens (including phenoxy) is 1. The molecule has 0 aliphatic carbocycles. The minimum Gasteiger partial charge on any atom is -0.450 e. The molecule has 0 radical (unpaired) electrons. The Labute approximate surface area is 129 Å². The van der Waals surface area contributed by atoms with E-state index in [2.05, 4.69) is 15.9 Å². The highest BCUT2D eigenvalue weighted by Gasteiger charge is 2.17. The highest BCUT2D eigenvalue weighted by atomic mass is 79.9. The maximum Gasteiger partial charge on any atom is 0.312 e. The van der Waals surface area contributed by atoms with Gasteiger partial charge in [0, 0.05) is 16.4 Å². The molecule has 4 nitrogen and oxygen atoms in total. The van der Waals surface area contributed by atoms with Crippen LogP contribution in [0, 0.1) is 17.0 Å². The lowest BCUT2D eigenvalue weighted by Crippen LogP contribution is -1.95. The summed E-state index contributed by atoms with van der Waals surface area (Å²) in [5, 5.41) is 11.1. The first-order valence-corrected chi connectivity index (χ1v) is 7.11. The van der Waals surface area contributed by atoms with Gasteiger partial charge in [-0.1, -0.05) is 28.1 Å². The van der Waals surface area contributed by atoms with E-state index in [4.69, 9.17) is 16.3 Å². The fraction of sp³-hybridized carbons (Fsp3) is 0.143. The van der Waals surface area contributed by atoms with Crippen LogP contribution in [0.5, 0.6) is 11.5 Å². The molecule has 0 aromatic heterocycles. The summed E-state index contributed by atoms with van der Waals surface area (Å²) < 4.78 is 6.31. The number of rotatable bonds is 4. The lowest BCUT2D eigenvalue weighted by Gasteiger charge is -2.10. The second-order valence-electron chi connectivity index (χ2n) is 4.20. The first-order chi connectivity index (χ1) is 9.51. The highest BCUT2D eigenvalue weighted by Crippen LogP contribution is 2.35. The number of alkyl halides is 1. The van der Waals surface area contributed by atoms with E-state index in [9.17, 15) is 10.1 Å². The van der Waals surface area contributed by atoms with Crippen molar-refractivity contribution in [3.63, 3.8) is 0 Å². The minimum absolute atomic E-state index is 0.0879. The maximum absolute atomic E-state index is 11.1. The van der Waals surface area contributed by atoms with Crippen LogP contribution in [0.15, 0.2) is 40.9 Å². The molecule has 2 aromatic carbocycles. The molecule has 0 saturated carbocycles.